The van der Waals surface area contributed by atoms with E-state index in [1.54, 1.807) is 6.07 Å². The molecule has 4 N–H and O–H groups in total. The highest BCUT2D eigenvalue weighted by molar-refractivity contribution is 7.16. The fourth-order valence-electron chi connectivity index (χ4n) is 3.46. The minimum absolute atomic E-state index is 0.269. The number of nitrogens with one attached hydrogen (secondary N) is 2. The predicted octanol–water partition coefficient (Wildman–Crippen LogP) is 2.69. The zero-order valence-corrected chi connectivity index (χ0v) is 15.0. The second-order valence-corrected chi connectivity index (χ2v) is 7.33. The summed E-state index contributed by atoms with van der Waals surface area (Å²) in [6.45, 7) is 2.40. The van der Waals surface area contributed by atoms with Crippen LogP contribution in [0.25, 0.3) is 32.6 Å². The van der Waals surface area contributed by atoms with Crippen molar-refractivity contribution in [1.82, 2.24) is 15.0 Å². The molecule has 5 rings (SSSR count). The molecule has 138 valence electrons. The summed E-state index contributed by atoms with van der Waals surface area (Å²) in [4.78, 5) is 25.5. The van der Waals surface area contributed by atoms with Gasteiger partial charge in [-0.05, 0) is 17.5 Å². The monoisotopic (exact) mass is 385 g/mol. The summed E-state index contributed by atoms with van der Waals surface area (Å²) < 4.78 is 19.9. The lowest BCUT2D eigenvalue weighted by atomic mass is 10.2. The Labute approximate surface area is 156 Å². The molecule has 27 heavy (non-hydrogen) atoms. The highest BCUT2D eigenvalue weighted by atomic mass is 32.1. The minimum Gasteiger partial charge on any atom is -0.397 e. The van der Waals surface area contributed by atoms with Gasteiger partial charge in [-0.2, -0.15) is 0 Å². The number of morpholine rings is 1. The molecule has 0 radical (unpaired) electrons. The highest BCUT2D eigenvalue weighted by Gasteiger charge is 2.20. The number of fused-ring (bicyclic) bond motifs is 2. The zero-order chi connectivity index (χ0) is 18.5. The van der Waals surface area contributed by atoms with Gasteiger partial charge in [0.2, 0.25) is 0 Å². The first-order valence-electron chi connectivity index (χ1n) is 8.53. The Bertz CT molecular complexity index is 1220. The SMILES string of the molecule is Nc1c(-c2nc3cc(F)c(N4CCOCC4)cc3[nH]2)c(=O)[nH]c2sccc12. The number of halogens is 1. The number of ether oxygens (including phenoxy) is 1. The lowest BCUT2D eigenvalue weighted by Gasteiger charge is -2.29. The first-order chi connectivity index (χ1) is 13.1. The molecule has 9 heteroatoms. The van der Waals surface area contributed by atoms with Crippen LogP contribution < -0.4 is 16.2 Å². The van der Waals surface area contributed by atoms with Crippen LogP contribution >= 0.6 is 11.3 Å². The van der Waals surface area contributed by atoms with Crippen molar-refractivity contribution in [2.75, 3.05) is 36.9 Å². The summed E-state index contributed by atoms with van der Waals surface area (Å²) in [5.41, 5.74) is 8.13. The van der Waals surface area contributed by atoms with Crippen molar-refractivity contribution in [3.63, 3.8) is 0 Å². The Kier molecular flexibility index (Phi) is 3.66. The van der Waals surface area contributed by atoms with Crippen molar-refractivity contribution in [1.29, 1.82) is 0 Å². The van der Waals surface area contributed by atoms with Crippen LogP contribution in [-0.2, 0) is 4.74 Å². The highest BCUT2D eigenvalue weighted by Crippen LogP contribution is 2.32. The van der Waals surface area contributed by atoms with Gasteiger partial charge in [-0.15, -0.1) is 11.3 Å². The van der Waals surface area contributed by atoms with Crippen molar-refractivity contribution < 1.29 is 9.13 Å². The number of pyridine rings is 1. The fraction of sp³-hybridized carbons (Fsp3) is 0.222. The number of aromatic nitrogens is 3. The summed E-state index contributed by atoms with van der Waals surface area (Å²) in [6.07, 6.45) is 0. The van der Waals surface area contributed by atoms with Gasteiger partial charge in [0.05, 0.1) is 35.6 Å². The molecule has 4 heterocycles. The van der Waals surface area contributed by atoms with E-state index in [0.717, 1.165) is 10.2 Å². The van der Waals surface area contributed by atoms with Crippen LogP contribution in [0.15, 0.2) is 28.4 Å². The molecule has 0 aliphatic carbocycles. The van der Waals surface area contributed by atoms with E-state index in [0.29, 0.717) is 54.5 Å². The smallest absolute Gasteiger partial charge is 0.262 e. The Hall–Kier alpha value is -2.91. The van der Waals surface area contributed by atoms with Gasteiger partial charge in [-0.1, -0.05) is 0 Å². The molecule has 4 aromatic rings. The quantitative estimate of drug-likeness (QED) is 0.493. The van der Waals surface area contributed by atoms with Crippen LogP contribution in [0.5, 0.6) is 0 Å². The van der Waals surface area contributed by atoms with Crippen LogP contribution in [-0.4, -0.2) is 41.3 Å². The lowest BCUT2D eigenvalue weighted by Crippen LogP contribution is -2.36. The first kappa shape index (κ1) is 16.3. The molecule has 0 spiro atoms. The number of benzene rings is 1. The van der Waals surface area contributed by atoms with Crippen molar-refractivity contribution in [3.05, 3.63) is 39.8 Å². The largest absolute Gasteiger partial charge is 0.397 e. The molecule has 7 nitrogen and oxygen atoms in total. The summed E-state index contributed by atoms with van der Waals surface area (Å²) in [5.74, 6) is -0.0204. The van der Waals surface area contributed by atoms with Crippen molar-refractivity contribution in [2.24, 2.45) is 0 Å². The maximum absolute atomic E-state index is 14.6. The number of anilines is 2. The van der Waals surface area contributed by atoms with Crippen LogP contribution in [0.1, 0.15) is 0 Å². The third-order valence-electron chi connectivity index (χ3n) is 4.82. The number of nitrogens with two attached hydrogens (primary N) is 1. The summed E-state index contributed by atoms with van der Waals surface area (Å²) >= 11 is 1.41. The van der Waals surface area contributed by atoms with Gasteiger partial charge in [0.25, 0.3) is 5.56 Å². The van der Waals surface area contributed by atoms with Gasteiger partial charge in [0.15, 0.2) is 0 Å². The lowest BCUT2D eigenvalue weighted by molar-refractivity contribution is 0.122. The number of hydrogen-bond donors (Lipinski definition) is 3. The molecule has 0 unspecified atom stereocenters. The predicted molar refractivity (Wildman–Crippen MR) is 105 cm³/mol. The molecule has 1 aliphatic heterocycles. The molecule has 0 saturated carbocycles. The van der Waals surface area contributed by atoms with E-state index in [-0.39, 0.29) is 16.9 Å². The van der Waals surface area contributed by atoms with Crippen LogP contribution in [0.2, 0.25) is 0 Å². The van der Waals surface area contributed by atoms with E-state index >= 15 is 0 Å². The molecule has 1 saturated heterocycles. The number of rotatable bonds is 2. The van der Waals surface area contributed by atoms with Crippen molar-refractivity contribution in [3.8, 4) is 11.4 Å². The number of H-pyrrole nitrogens is 2. The molecular weight excluding hydrogens is 369 g/mol. The second-order valence-electron chi connectivity index (χ2n) is 6.41. The zero-order valence-electron chi connectivity index (χ0n) is 14.2. The van der Waals surface area contributed by atoms with E-state index in [1.165, 1.54) is 17.4 Å². The first-order valence-corrected chi connectivity index (χ1v) is 9.41. The van der Waals surface area contributed by atoms with Gasteiger partial charge >= 0.3 is 0 Å². The Balaban J connectivity index is 1.66. The summed E-state index contributed by atoms with van der Waals surface area (Å²) in [6, 6.07) is 4.96. The van der Waals surface area contributed by atoms with Crippen molar-refractivity contribution >= 4 is 44.0 Å². The van der Waals surface area contributed by atoms with E-state index in [1.807, 2.05) is 16.3 Å². The van der Waals surface area contributed by atoms with Gasteiger partial charge in [-0.25, -0.2) is 9.37 Å². The third kappa shape index (κ3) is 2.58. The van der Waals surface area contributed by atoms with Gasteiger partial charge < -0.3 is 25.3 Å². The number of thiophene rings is 1. The Morgan fingerprint density at radius 1 is 1.26 bits per heavy atom. The average Bonchev–Trinajstić information content (AvgIpc) is 3.28. The van der Waals surface area contributed by atoms with E-state index in [4.69, 9.17) is 10.5 Å². The van der Waals surface area contributed by atoms with E-state index < -0.39 is 0 Å². The number of nitrogens with zero attached hydrogens (tertiary/aromatic N) is 2. The summed E-state index contributed by atoms with van der Waals surface area (Å²) in [7, 11) is 0. The van der Waals surface area contributed by atoms with Crippen molar-refractivity contribution in [2.45, 2.75) is 0 Å². The molecule has 0 amide bonds. The molecule has 1 fully saturated rings. The standard InChI is InChI=1S/C18H16FN5O2S/c19-10-7-11-12(8-13(10)24-2-4-26-5-3-24)22-16(21-11)14-15(20)9-1-6-27-18(9)23-17(14)25/h1,6-8H,2-5H2,(H,21,22)(H3,20,23,25). The van der Waals surface area contributed by atoms with Gasteiger partial charge in [0.1, 0.15) is 22.0 Å². The fourth-order valence-corrected chi connectivity index (χ4v) is 4.26. The molecule has 1 aliphatic rings. The van der Waals surface area contributed by atoms with E-state index in [2.05, 4.69) is 15.0 Å². The number of imidazole rings is 1. The number of nitrogen functional groups attached to an aromatic ring is 1. The molecular formula is C18H16FN5O2S. The van der Waals surface area contributed by atoms with Gasteiger partial charge in [-0.3, -0.25) is 4.79 Å². The number of hydrogen-bond acceptors (Lipinski definition) is 6. The molecule has 0 atom stereocenters. The van der Waals surface area contributed by atoms with E-state index in [9.17, 15) is 9.18 Å². The Morgan fingerprint density at radius 2 is 2.07 bits per heavy atom. The summed E-state index contributed by atoms with van der Waals surface area (Å²) in [5, 5.41) is 2.64. The Morgan fingerprint density at radius 3 is 2.89 bits per heavy atom. The van der Waals surface area contributed by atoms with Crippen LogP contribution in [0, 0.1) is 5.82 Å². The average molecular weight is 385 g/mol. The minimum atomic E-state index is -0.349. The van der Waals surface area contributed by atoms with Gasteiger partial charge in [0, 0.05) is 24.5 Å². The second kappa shape index (κ2) is 6.07. The normalized spacial score (nSPS) is 15.1. The molecule has 3 aromatic heterocycles. The topological polar surface area (TPSA) is 100 Å². The van der Waals surface area contributed by atoms with Crippen LogP contribution in [0.4, 0.5) is 15.8 Å². The maximum Gasteiger partial charge on any atom is 0.262 e. The van der Waals surface area contributed by atoms with Crippen LogP contribution in [0.3, 0.4) is 0 Å². The third-order valence-corrected chi connectivity index (χ3v) is 5.65. The molecule has 1 aromatic carbocycles. The number of aromatic amines is 2. The maximum atomic E-state index is 14.6. The molecule has 0 bridgehead atoms.